The van der Waals surface area contributed by atoms with Crippen LogP contribution < -0.4 is 0 Å². The van der Waals surface area contributed by atoms with Crippen molar-refractivity contribution in [2.24, 2.45) is 0 Å². The van der Waals surface area contributed by atoms with E-state index in [2.05, 4.69) is 26.1 Å². The zero-order chi connectivity index (χ0) is 9.97. The number of aldehydes is 1. The minimum atomic E-state index is 0.295. The van der Waals surface area contributed by atoms with Gasteiger partial charge in [0, 0.05) is 10.2 Å². The Morgan fingerprint density at radius 3 is 3.00 bits per heavy atom. The van der Waals surface area contributed by atoms with E-state index >= 15 is 0 Å². The van der Waals surface area contributed by atoms with Crippen molar-refractivity contribution in [2.75, 3.05) is 0 Å². The molecule has 0 atom stereocenters. The molecule has 0 N–H and O–H groups in total. The van der Waals surface area contributed by atoms with E-state index < -0.39 is 0 Å². The number of hydrogen-bond donors (Lipinski definition) is 0. The highest BCUT2D eigenvalue weighted by Gasteiger charge is 2.04. The van der Waals surface area contributed by atoms with Crippen molar-refractivity contribution >= 4 is 22.2 Å². The van der Waals surface area contributed by atoms with Crippen LogP contribution in [0, 0.1) is 0 Å². The summed E-state index contributed by atoms with van der Waals surface area (Å²) in [6.45, 7) is 0. The molecule has 0 aliphatic carbocycles. The number of rotatable bonds is 2. The fourth-order valence-electron chi connectivity index (χ4n) is 1.15. The van der Waals surface area contributed by atoms with Crippen molar-refractivity contribution in [3.05, 3.63) is 40.9 Å². The molecular weight excluding hydrogens is 246 g/mol. The fraction of sp³-hybridized carbons (Fsp3) is 0. The van der Waals surface area contributed by atoms with Gasteiger partial charge in [-0.1, -0.05) is 22.0 Å². The van der Waals surface area contributed by atoms with Gasteiger partial charge in [0.1, 0.15) is 6.33 Å². The van der Waals surface area contributed by atoms with Gasteiger partial charge in [-0.3, -0.25) is 9.36 Å². The van der Waals surface area contributed by atoms with Crippen molar-refractivity contribution in [2.45, 2.75) is 0 Å². The minimum absolute atomic E-state index is 0.295. The maximum Gasteiger partial charge on any atom is 0.201 e. The Bertz CT molecular complexity index is 467. The van der Waals surface area contributed by atoms with Crippen molar-refractivity contribution < 1.29 is 4.79 Å². The maximum atomic E-state index is 10.6. The van der Waals surface area contributed by atoms with E-state index in [1.165, 1.54) is 6.33 Å². The van der Waals surface area contributed by atoms with Crippen LogP contribution in [0.15, 0.2) is 35.1 Å². The van der Waals surface area contributed by atoms with Crippen LogP contribution >= 0.6 is 15.9 Å². The van der Waals surface area contributed by atoms with E-state index in [1.54, 1.807) is 4.57 Å². The van der Waals surface area contributed by atoms with Gasteiger partial charge in [0.15, 0.2) is 6.29 Å². The molecule has 2 rings (SSSR count). The molecule has 0 fully saturated rings. The molecule has 1 aromatic carbocycles. The summed E-state index contributed by atoms with van der Waals surface area (Å²) in [5, 5.41) is 7.34. The zero-order valence-electron chi connectivity index (χ0n) is 7.09. The maximum absolute atomic E-state index is 10.6. The Kier molecular flexibility index (Phi) is 2.41. The molecule has 1 heterocycles. The third kappa shape index (κ3) is 1.58. The van der Waals surface area contributed by atoms with Crippen LogP contribution in [0.2, 0.25) is 0 Å². The highest BCUT2D eigenvalue weighted by atomic mass is 79.9. The Balaban J connectivity index is 2.54. The molecule has 0 amide bonds. The smallest absolute Gasteiger partial charge is 0.201 e. The molecule has 70 valence electrons. The third-order valence-electron chi connectivity index (χ3n) is 1.77. The zero-order valence-corrected chi connectivity index (χ0v) is 8.68. The molecule has 0 aliphatic heterocycles. The van der Waals surface area contributed by atoms with Crippen molar-refractivity contribution in [1.82, 2.24) is 14.8 Å². The van der Waals surface area contributed by atoms with E-state index in [-0.39, 0.29) is 0 Å². The van der Waals surface area contributed by atoms with Gasteiger partial charge in [-0.25, -0.2) is 0 Å². The Hall–Kier alpha value is -1.49. The van der Waals surface area contributed by atoms with Crippen LogP contribution in [-0.2, 0) is 0 Å². The van der Waals surface area contributed by atoms with Crippen molar-refractivity contribution in [1.29, 1.82) is 0 Å². The van der Waals surface area contributed by atoms with Crippen LogP contribution in [0.1, 0.15) is 10.6 Å². The fourth-order valence-corrected chi connectivity index (χ4v) is 1.54. The predicted molar refractivity (Wildman–Crippen MR) is 54.4 cm³/mol. The largest absolute Gasteiger partial charge is 0.294 e. The van der Waals surface area contributed by atoms with Gasteiger partial charge in [0.25, 0.3) is 0 Å². The first-order valence-electron chi connectivity index (χ1n) is 3.92. The summed E-state index contributed by atoms with van der Waals surface area (Å²) in [5.74, 6) is 0.295. The van der Waals surface area contributed by atoms with E-state index in [4.69, 9.17) is 0 Å². The average Bonchev–Trinajstić information content (AvgIpc) is 2.65. The number of aromatic nitrogens is 3. The van der Waals surface area contributed by atoms with E-state index in [0.717, 1.165) is 10.2 Å². The molecule has 4 nitrogen and oxygen atoms in total. The first kappa shape index (κ1) is 9.08. The van der Waals surface area contributed by atoms with Gasteiger partial charge in [-0.2, -0.15) is 0 Å². The number of carbonyl (C=O) groups excluding carboxylic acids is 1. The molecule has 0 aliphatic rings. The van der Waals surface area contributed by atoms with Crippen LogP contribution in [0.3, 0.4) is 0 Å². The molecule has 0 radical (unpaired) electrons. The Morgan fingerprint density at radius 2 is 2.29 bits per heavy atom. The molecule has 0 spiro atoms. The van der Waals surface area contributed by atoms with Gasteiger partial charge < -0.3 is 0 Å². The first-order valence-corrected chi connectivity index (χ1v) is 4.71. The molecule has 1 aromatic heterocycles. The van der Waals surface area contributed by atoms with Crippen LogP contribution in [0.25, 0.3) is 5.69 Å². The second-order valence-electron chi connectivity index (χ2n) is 2.66. The lowest BCUT2D eigenvalue weighted by molar-refractivity contribution is 0.111. The van der Waals surface area contributed by atoms with Crippen LogP contribution in [-0.4, -0.2) is 21.1 Å². The average molecular weight is 252 g/mol. The number of hydrogen-bond acceptors (Lipinski definition) is 3. The van der Waals surface area contributed by atoms with Gasteiger partial charge in [-0.05, 0) is 18.2 Å². The molecule has 0 saturated heterocycles. The number of carbonyl (C=O) groups is 1. The highest BCUT2D eigenvalue weighted by molar-refractivity contribution is 9.10. The minimum Gasteiger partial charge on any atom is -0.294 e. The summed E-state index contributed by atoms with van der Waals surface area (Å²) in [7, 11) is 0. The normalized spacial score (nSPS) is 10.1. The molecule has 0 unspecified atom stereocenters. The SMILES string of the molecule is O=Cc1nncn1-c1cccc(Br)c1. The highest BCUT2D eigenvalue weighted by Crippen LogP contribution is 2.15. The lowest BCUT2D eigenvalue weighted by Crippen LogP contribution is -1.98. The molecular formula is C9H6BrN3O. The summed E-state index contributed by atoms with van der Waals surface area (Å²) in [6, 6.07) is 7.56. The summed E-state index contributed by atoms with van der Waals surface area (Å²) >= 11 is 3.35. The van der Waals surface area contributed by atoms with Gasteiger partial charge in [-0.15, -0.1) is 10.2 Å². The summed E-state index contributed by atoms with van der Waals surface area (Å²) < 4.78 is 2.57. The predicted octanol–water partition coefficient (Wildman–Crippen LogP) is 1.84. The standard InChI is InChI=1S/C9H6BrN3O/c10-7-2-1-3-8(4-7)13-6-11-12-9(13)5-14/h1-6H. The third-order valence-corrected chi connectivity index (χ3v) is 2.26. The second kappa shape index (κ2) is 3.71. The van der Waals surface area contributed by atoms with E-state index in [1.807, 2.05) is 24.3 Å². The number of benzene rings is 1. The van der Waals surface area contributed by atoms with Gasteiger partial charge >= 0.3 is 0 Å². The molecule has 0 saturated carbocycles. The monoisotopic (exact) mass is 251 g/mol. The summed E-state index contributed by atoms with van der Waals surface area (Å²) in [6.07, 6.45) is 2.18. The lowest BCUT2D eigenvalue weighted by atomic mass is 10.3. The second-order valence-corrected chi connectivity index (χ2v) is 3.57. The molecule has 0 bridgehead atoms. The van der Waals surface area contributed by atoms with Crippen molar-refractivity contribution in [3.8, 4) is 5.69 Å². The summed E-state index contributed by atoms with van der Waals surface area (Å²) in [4.78, 5) is 10.6. The molecule has 14 heavy (non-hydrogen) atoms. The first-order chi connectivity index (χ1) is 6.81. The number of halogens is 1. The van der Waals surface area contributed by atoms with Gasteiger partial charge in [0.2, 0.25) is 5.82 Å². The van der Waals surface area contributed by atoms with Crippen LogP contribution in [0.4, 0.5) is 0 Å². The van der Waals surface area contributed by atoms with E-state index in [0.29, 0.717) is 12.1 Å². The Morgan fingerprint density at radius 1 is 1.43 bits per heavy atom. The van der Waals surface area contributed by atoms with Gasteiger partial charge in [0.05, 0.1) is 0 Å². The quantitative estimate of drug-likeness (QED) is 0.766. The number of nitrogens with zero attached hydrogens (tertiary/aromatic N) is 3. The van der Waals surface area contributed by atoms with Crippen LogP contribution in [0.5, 0.6) is 0 Å². The van der Waals surface area contributed by atoms with E-state index in [9.17, 15) is 4.79 Å². The Labute approximate surface area is 88.7 Å². The molecule has 5 heteroatoms. The molecule has 2 aromatic rings. The summed E-state index contributed by atoms with van der Waals surface area (Å²) in [5.41, 5.74) is 0.853. The lowest BCUT2D eigenvalue weighted by Gasteiger charge is -2.02. The topological polar surface area (TPSA) is 47.8 Å². The van der Waals surface area contributed by atoms with Crippen molar-refractivity contribution in [3.63, 3.8) is 0 Å².